The van der Waals surface area contributed by atoms with Gasteiger partial charge in [-0.2, -0.15) is 0 Å². The van der Waals surface area contributed by atoms with E-state index in [1.807, 2.05) is 0 Å². The largest absolute Gasteiger partial charge is 0.316 e. The van der Waals surface area contributed by atoms with Gasteiger partial charge in [-0.3, -0.25) is 0 Å². The second-order valence-electron chi connectivity index (χ2n) is 4.53. The summed E-state index contributed by atoms with van der Waals surface area (Å²) in [6, 6.07) is 0. The quantitative estimate of drug-likeness (QED) is 0.529. The summed E-state index contributed by atoms with van der Waals surface area (Å²) in [5, 5.41) is 7.00. The van der Waals surface area contributed by atoms with Crippen LogP contribution in [0.4, 0.5) is 0 Å². The Hall–Kier alpha value is -0.0800. The van der Waals surface area contributed by atoms with Crippen LogP contribution in [0.5, 0.6) is 0 Å². The van der Waals surface area contributed by atoms with Crippen molar-refractivity contribution in [1.82, 2.24) is 10.6 Å². The minimum atomic E-state index is 0.566. The highest BCUT2D eigenvalue weighted by Gasteiger charge is 2.42. The standard InChI is InChI=1S/C9H18N2/c1-9(2)7-3-10-5-8(9)6-11-4-7/h7-8,10-11H,3-6H2,1-2H3. The topological polar surface area (TPSA) is 24.1 Å². The average molecular weight is 154 g/mol. The number of nitrogens with one attached hydrogen (secondary N) is 2. The molecular weight excluding hydrogens is 136 g/mol. The lowest BCUT2D eigenvalue weighted by Gasteiger charge is -2.49. The molecule has 2 N–H and O–H groups in total. The molecule has 0 radical (unpaired) electrons. The summed E-state index contributed by atoms with van der Waals surface area (Å²) in [4.78, 5) is 0. The molecule has 2 fully saturated rings. The van der Waals surface area contributed by atoms with Crippen LogP contribution in [0, 0.1) is 17.3 Å². The first-order valence-electron chi connectivity index (χ1n) is 4.62. The highest BCUT2D eigenvalue weighted by atomic mass is 15.0. The van der Waals surface area contributed by atoms with E-state index in [4.69, 9.17) is 0 Å². The molecule has 0 aromatic rings. The van der Waals surface area contributed by atoms with Crippen LogP contribution in [-0.2, 0) is 0 Å². The van der Waals surface area contributed by atoms with Crippen molar-refractivity contribution in [3.8, 4) is 0 Å². The van der Waals surface area contributed by atoms with Crippen LogP contribution in [0.3, 0.4) is 0 Å². The predicted octanol–water partition coefficient (Wildman–Crippen LogP) is 0.451. The normalized spacial score (nSPS) is 42.0. The van der Waals surface area contributed by atoms with Gasteiger partial charge in [-0.25, -0.2) is 0 Å². The predicted molar refractivity (Wildman–Crippen MR) is 46.5 cm³/mol. The van der Waals surface area contributed by atoms with Gasteiger partial charge in [-0.15, -0.1) is 0 Å². The Kier molecular flexibility index (Phi) is 1.69. The monoisotopic (exact) mass is 154 g/mol. The number of hydrogen-bond donors (Lipinski definition) is 2. The molecule has 0 aliphatic carbocycles. The van der Waals surface area contributed by atoms with Crippen LogP contribution in [0.1, 0.15) is 13.8 Å². The van der Waals surface area contributed by atoms with Crippen LogP contribution in [0.2, 0.25) is 0 Å². The number of fused-ring (bicyclic) bond motifs is 2. The zero-order chi connectivity index (χ0) is 7.90. The van der Waals surface area contributed by atoms with E-state index < -0.39 is 0 Å². The summed E-state index contributed by atoms with van der Waals surface area (Å²) in [5.74, 6) is 1.69. The Morgan fingerprint density at radius 3 is 1.55 bits per heavy atom. The molecule has 0 aromatic carbocycles. The lowest BCUT2D eigenvalue weighted by molar-refractivity contribution is 0.0420. The van der Waals surface area contributed by atoms with Crippen molar-refractivity contribution < 1.29 is 0 Å². The van der Waals surface area contributed by atoms with Gasteiger partial charge in [0.1, 0.15) is 0 Å². The average Bonchev–Trinajstić information content (AvgIpc) is 1.82. The van der Waals surface area contributed by atoms with Crippen LogP contribution in [-0.4, -0.2) is 26.2 Å². The minimum Gasteiger partial charge on any atom is -0.316 e. The molecule has 2 heterocycles. The van der Waals surface area contributed by atoms with Crippen molar-refractivity contribution in [2.24, 2.45) is 17.3 Å². The third-order valence-corrected chi connectivity index (χ3v) is 3.67. The molecule has 64 valence electrons. The molecule has 2 heteroatoms. The van der Waals surface area contributed by atoms with Crippen molar-refractivity contribution >= 4 is 0 Å². The molecule has 2 bridgehead atoms. The van der Waals surface area contributed by atoms with E-state index in [1.54, 1.807) is 0 Å². The Balaban J connectivity index is 2.17. The van der Waals surface area contributed by atoms with Crippen molar-refractivity contribution in [1.29, 1.82) is 0 Å². The maximum Gasteiger partial charge on any atom is -0.000301 e. The molecule has 0 spiro atoms. The molecule has 11 heavy (non-hydrogen) atoms. The highest BCUT2D eigenvalue weighted by molar-refractivity contribution is 4.96. The van der Waals surface area contributed by atoms with E-state index >= 15 is 0 Å². The van der Waals surface area contributed by atoms with Gasteiger partial charge in [-0.1, -0.05) is 13.8 Å². The third kappa shape index (κ3) is 1.09. The van der Waals surface area contributed by atoms with Crippen LogP contribution >= 0.6 is 0 Å². The maximum atomic E-state index is 3.50. The van der Waals surface area contributed by atoms with Crippen LogP contribution < -0.4 is 10.6 Å². The lowest BCUT2D eigenvalue weighted by atomic mass is 9.65. The molecule has 2 nitrogen and oxygen atoms in total. The fraction of sp³-hybridized carbons (Fsp3) is 1.00. The molecular formula is C9H18N2. The van der Waals surface area contributed by atoms with Gasteiger partial charge in [0, 0.05) is 0 Å². The zero-order valence-corrected chi connectivity index (χ0v) is 7.48. The van der Waals surface area contributed by atoms with Crippen LogP contribution in [0.15, 0.2) is 0 Å². The van der Waals surface area contributed by atoms with E-state index in [2.05, 4.69) is 24.5 Å². The number of piperidine rings is 2. The van der Waals surface area contributed by atoms with Crippen molar-refractivity contribution in [2.75, 3.05) is 26.2 Å². The molecule has 0 unspecified atom stereocenters. The Labute approximate surface area is 68.7 Å². The Bertz CT molecular complexity index is 130. The van der Waals surface area contributed by atoms with E-state index in [0.29, 0.717) is 5.41 Å². The SMILES string of the molecule is CC1(C)C2CNCC1CNC2. The van der Waals surface area contributed by atoms with Crippen molar-refractivity contribution in [2.45, 2.75) is 13.8 Å². The first-order valence-corrected chi connectivity index (χ1v) is 4.62. The highest BCUT2D eigenvalue weighted by Crippen LogP contribution is 2.39. The van der Waals surface area contributed by atoms with Gasteiger partial charge >= 0.3 is 0 Å². The molecule has 2 saturated heterocycles. The zero-order valence-electron chi connectivity index (χ0n) is 7.48. The molecule has 2 aliphatic rings. The van der Waals surface area contributed by atoms with Gasteiger partial charge in [0.15, 0.2) is 0 Å². The summed E-state index contributed by atoms with van der Waals surface area (Å²) in [6.07, 6.45) is 0. The van der Waals surface area contributed by atoms with Gasteiger partial charge in [0.05, 0.1) is 0 Å². The second-order valence-corrected chi connectivity index (χ2v) is 4.53. The second kappa shape index (κ2) is 2.46. The summed E-state index contributed by atoms with van der Waals surface area (Å²) in [7, 11) is 0. The number of hydrogen-bond acceptors (Lipinski definition) is 2. The maximum absolute atomic E-state index is 3.50. The lowest BCUT2D eigenvalue weighted by Crippen LogP contribution is -2.59. The van der Waals surface area contributed by atoms with Crippen molar-refractivity contribution in [3.63, 3.8) is 0 Å². The van der Waals surface area contributed by atoms with Gasteiger partial charge in [-0.05, 0) is 43.4 Å². The fourth-order valence-corrected chi connectivity index (χ4v) is 2.39. The third-order valence-electron chi connectivity index (χ3n) is 3.67. The van der Waals surface area contributed by atoms with E-state index in [-0.39, 0.29) is 0 Å². The van der Waals surface area contributed by atoms with Gasteiger partial charge < -0.3 is 10.6 Å². The van der Waals surface area contributed by atoms with E-state index in [0.717, 1.165) is 11.8 Å². The fourth-order valence-electron chi connectivity index (χ4n) is 2.39. The van der Waals surface area contributed by atoms with E-state index in [1.165, 1.54) is 26.2 Å². The van der Waals surface area contributed by atoms with Crippen molar-refractivity contribution in [3.05, 3.63) is 0 Å². The van der Waals surface area contributed by atoms with Gasteiger partial charge in [0.25, 0.3) is 0 Å². The van der Waals surface area contributed by atoms with E-state index in [9.17, 15) is 0 Å². The van der Waals surface area contributed by atoms with Gasteiger partial charge in [0.2, 0.25) is 0 Å². The molecule has 2 aliphatic heterocycles. The Morgan fingerprint density at radius 2 is 1.27 bits per heavy atom. The minimum absolute atomic E-state index is 0.566. The molecule has 0 aromatic heterocycles. The Morgan fingerprint density at radius 1 is 0.909 bits per heavy atom. The summed E-state index contributed by atoms with van der Waals surface area (Å²) >= 11 is 0. The smallest absolute Gasteiger partial charge is 0.000301 e. The summed E-state index contributed by atoms with van der Waals surface area (Å²) < 4.78 is 0. The molecule has 0 saturated carbocycles. The summed E-state index contributed by atoms with van der Waals surface area (Å²) in [6.45, 7) is 9.66. The molecule has 2 rings (SSSR count). The number of rotatable bonds is 0. The summed E-state index contributed by atoms with van der Waals surface area (Å²) in [5.41, 5.74) is 0.566. The molecule has 0 atom stereocenters. The first kappa shape index (κ1) is 7.56. The molecule has 0 amide bonds. The van der Waals surface area contributed by atoms with Crippen LogP contribution in [0.25, 0.3) is 0 Å². The first-order chi connectivity index (χ1) is 5.21.